The summed E-state index contributed by atoms with van der Waals surface area (Å²) in [7, 11) is 0. The smallest absolute Gasteiger partial charge is 0.242 e. The maximum absolute atomic E-state index is 6.25. The second-order valence-corrected chi connectivity index (χ2v) is 10.1. The van der Waals surface area contributed by atoms with Crippen LogP contribution in [0.5, 0.6) is 11.8 Å². The van der Waals surface area contributed by atoms with Crippen molar-refractivity contribution in [2.45, 2.75) is 39.3 Å². The Morgan fingerprint density at radius 2 is 1.40 bits per heavy atom. The van der Waals surface area contributed by atoms with Crippen molar-refractivity contribution in [3.63, 3.8) is 0 Å². The molecule has 7 nitrogen and oxygen atoms in total. The first-order valence-corrected chi connectivity index (χ1v) is 13.8. The molecular formula is C33H33N3O4. The van der Waals surface area contributed by atoms with E-state index in [0.29, 0.717) is 30.9 Å². The number of piperidine rings is 1. The molecule has 0 amide bonds. The summed E-state index contributed by atoms with van der Waals surface area (Å²) in [5, 5.41) is 0. The van der Waals surface area contributed by atoms with Crippen LogP contribution in [0.4, 0.5) is 5.69 Å². The zero-order valence-corrected chi connectivity index (χ0v) is 22.6. The Kier molecular flexibility index (Phi) is 7.80. The number of hydrogen-bond donors (Lipinski definition) is 0. The summed E-state index contributed by atoms with van der Waals surface area (Å²) in [6.45, 7) is 4.78. The number of aromatic nitrogens is 2. The summed E-state index contributed by atoms with van der Waals surface area (Å²) in [5.74, 6) is 1.41. The molecule has 2 aromatic carbocycles. The zero-order chi connectivity index (χ0) is 27.1. The van der Waals surface area contributed by atoms with Gasteiger partial charge in [0.2, 0.25) is 18.1 Å². The topological polar surface area (TPSA) is 65.9 Å². The van der Waals surface area contributed by atoms with Crippen LogP contribution in [0.1, 0.15) is 29.7 Å². The maximum Gasteiger partial charge on any atom is 0.242 e. The average Bonchev–Trinajstić information content (AvgIpc) is 3.56. The minimum Gasteiger partial charge on any atom is -0.473 e. The van der Waals surface area contributed by atoms with Crippen molar-refractivity contribution in [3.05, 3.63) is 114 Å². The SMILES string of the molecule is Cc1nc(-c2ccc(OCc3ccccc3)nc2OCc2ccccc2)ccc1N1CCC(C2OC=CO2)CC1. The van der Waals surface area contributed by atoms with Gasteiger partial charge in [-0.3, -0.25) is 4.98 Å². The molecule has 0 radical (unpaired) electrons. The summed E-state index contributed by atoms with van der Waals surface area (Å²) in [5.41, 5.74) is 5.93. The van der Waals surface area contributed by atoms with Crippen LogP contribution >= 0.6 is 0 Å². The van der Waals surface area contributed by atoms with Crippen molar-refractivity contribution in [2.75, 3.05) is 18.0 Å². The van der Waals surface area contributed by atoms with Crippen LogP contribution in [0.3, 0.4) is 0 Å². The lowest BCUT2D eigenvalue weighted by Gasteiger charge is -2.35. The van der Waals surface area contributed by atoms with Crippen molar-refractivity contribution in [1.82, 2.24) is 9.97 Å². The molecule has 0 unspecified atom stereocenters. The largest absolute Gasteiger partial charge is 0.473 e. The van der Waals surface area contributed by atoms with Gasteiger partial charge in [-0.2, -0.15) is 4.98 Å². The summed E-state index contributed by atoms with van der Waals surface area (Å²) >= 11 is 0. The van der Waals surface area contributed by atoms with E-state index in [4.69, 9.17) is 28.9 Å². The molecule has 2 aliphatic heterocycles. The molecule has 4 heterocycles. The van der Waals surface area contributed by atoms with Crippen LogP contribution in [0.15, 0.2) is 97.5 Å². The number of aryl methyl sites for hydroxylation is 1. The van der Waals surface area contributed by atoms with E-state index in [1.54, 1.807) is 12.5 Å². The van der Waals surface area contributed by atoms with Crippen LogP contribution < -0.4 is 14.4 Å². The van der Waals surface area contributed by atoms with Crippen LogP contribution in [0.2, 0.25) is 0 Å². The van der Waals surface area contributed by atoms with Crippen molar-refractivity contribution >= 4 is 5.69 Å². The third kappa shape index (κ3) is 6.04. The van der Waals surface area contributed by atoms with E-state index < -0.39 is 0 Å². The Balaban J connectivity index is 1.20. The van der Waals surface area contributed by atoms with Gasteiger partial charge < -0.3 is 23.8 Å². The van der Waals surface area contributed by atoms with Gasteiger partial charge in [-0.25, -0.2) is 0 Å². The molecular weight excluding hydrogens is 502 g/mol. The molecule has 7 heteroatoms. The van der Waals surface area contributed by atoms with Crippen molar-refractivity contribution in [1.29, 1.82) is 0 Å². The predicted molar refractivity (Wildman–Crippen MR) is 154 cm³/mol. The highest BCUT2D eigenvalue weighted by Crippen LogP contribution is 2.34. The second kappa shape index (κ2) is 12.1. The van der Waals surface area contributed by atoms with Gasteiger partial charge in [0.25, 0.3) is 0 Å². The molecule has 2 aromatic heterocycles. The fraction of sp³-hybridized carbons (Fsp3) is 0.273. The number of rotatable bonds is 9. The first-order chi connectivity index (χ1) is 19.7. The Hall–Kier alpha value is -4.52. The lowest BCUT2D eigenvalue weighted by Crippen LogP contribution is -2.38. The molecule has 0 atom stereocenters. The quantitative estimate of drug-likeness (QED) is 0.237. The van der Waals surface area contributed by atoms with E-state index in [2.05, 4.69) is 24.0 Å². The fourth-order valence-electron chi connectivity index (χ4n) is 5.19. The van der Waals surface area contributed by atoms with Crippen molar-refractivity contribution in [2.24, 2.45) is 5.92 Å². The summed E-state index contributed by atoms with van der Waals surface area (Å²) < 4.78 is 23.4. The van der Waals surface area contributed by atoms with E-state index in [1.165, 1.54) is 0 Å². The molecule has 0 spiro atoms. The van der Waals surface area contributed by atoms with Crippen LogP contribution in [-0.4, -0.2) is 29.3 Å². The third-order valence-corrected chi connectivity index (χ3v) is 7.36. The van der Waals surface area contributed by atoms with Gasteiger partial charge in [0, 0.05) is 25.1 Å². The molecule has 6 rings (SSSR count). The van der Waals surface area contributed by atoms with Gasteiger partial charge in [0.05, 0.1) is 22.6 Å². The summed E-state index contributed by atoms with van der Waals surface area (Å²) in [6.07, 6.45) is 5.15. The molecule has 1 fully saturated rings. The standard InChI is InChI=1S/C33H33N3O4/c1-24-30(36-18-16-27(17-19-36)33-37-20-21-38-33)14-13-29(34-24)28-12-15-31(39-22-25-8-4-2-5-9-25)35-32(28)40-23-26-10-6-3-7-11-26/h2-15,20-21,27,33H,16-19,22-23H2,1H3. The van der Waals surface area contributed by atoms with Gasteiger partial charge in [-0.05, 0) is 49.1 Å². The van der Waals surface area contributed by atoms with Crippen molar-refractivity contribution in [3.8, 4) is 23.0 Å². The van der Waals surface area contributed by atoms with E-state index in [1.807, 2.05) is 72.8 Å². The first-order valence-electron chi connectivity index (χ1n) is 13.8. The van der Waals surface area contributed by atoms with Gasteiger partial charge in [0.15, 0.2) is 0 Å². The molecule has 0 N–H and O–H groups in total. The molecule has 2 aliphatic rings. The first kappa shape index (κ1) is 25.7. The molecule has 4 aromatic rings. The molecule has 40 heavy (non-hydrogen) atoms. The second-order valence-electron chi connectivity index (χ2n) is 10.1. The van der Waals surface area contributed by atoms with Gasteiger partial charge >= 0.3 is 0 Å². The fourth-order valence-corrected chi connectivity index (χ4v) is 5.19. The monoisotopic (exact) mass is 535 g/mol. The van der Waals surface area contributed by atoms with Crippen molar-refractivity contribution < 1.29 is 18.9 Å². The molecule has 0 bridgehead atoms. The summed E-state index contributed by atoms with van der Waals surface area (Å²) in [4.78, 5) is 12.1. The summed E-state index contributed by atoms with van der Waals surface area (Å²) in [6, 6.07) is 28.2. The predicted octanol–water partition coefficient (Wildman–Crippen LogP) is 6.67. The van der Waals surface area contributed by atoms with E-state index in [0.717, 1.165) is 59.7 Å². The maximum atomic E-state index is 6.25. The molecule has 0 aliphatic carbocycles. The van der Waals surface area contributed by atoms with Crippen LogP contribution in [0, 0.1) is 12.8 Å². The minimum absolute atomic E-state index is 0.148. The number of benzene rings is 2. The Bertz CT molecular complexity index is 1430. The molecule has 204 valence electrons. The third-order valence-electron chi connectivity index (χ3n) is 7.36. The van der Waals surface area contributed by atoms with Crippen LogP contribution in [-0.2, 0) is 22.7 Å². The average molecular weight is 536 g/mol. The molecule has 1 saturated heterocycles. The van der Waals surface area contributed by atoms with Gasteiger partial charge in [-0.1, -0.05) is 60.7 Å². The van der Waals surface area contributed by atoms with Crippen LogP contribution in [0.25, 0.3) is 11.3 Å². The normalized spacial score (nSPS) is 15.5. The van der Waals surface area contributed by atoms with Gasteiger partial charge in [0.1, 0.15) is 25.7 Å². The Labute approximate surface area is 235 Å². The van der Waals surface area contributed by atoms with E-state index >= 15 is 0 Å². The molecule has 0 saturated carbocycles. The van der Waals surface area contributed by atoms with E-state index in [9.17, 15) is 0 Å². The number of hydrogen-bond acceptors (Lipinski definition) is 7. The number of anilines is 1. The zero-order valence-electron chi connectivity index (χ0n) is 22.6. The van der Waals surface area contributed by atoms with Gasteiger partial charge in [-0.15, -0.1) is 0 Å². The minimum atomic E-state index is -0.148. The Morgan fingerprint density at radius 3 is 2.05 bits per heavy atom. The lowest BCUT2D eigenvalue weighted by molar-refractivity contribution is -0.0728. The Morgan fingerprint density at radius 1 is 0.750 bits per heavy atom. The number of ether oxygens (including phenoxy) is 4. The van der Waals surface area contributed by atoms with E-state index in [-0.39, 0.29) is 6.29 Å². The highest BCUT2D eigenvalue weighted by Gasteiger charge is 2.30. The number of pyridine rings is 2. The highest BCUT2D eigenvalue weighted by atomic mass is 16.7. The lowest BCUT2D eigenvalue weighted by atomic mass is 9.95. The highest BCUT2D eigenvalue weighted by molar-refractivity contribution is 5.68. The number of nitrogens with zero attached hydrogens (tertiary/aromatic N) is 3.